The number of aromatic nitrogens is 1. The molecule has 3 aromatic rings. The molecule has 0 saturated heterocycles. The number of methoxy groups -OCH3 is 1. The summed E-state index contributed by atoms with van der Waals surface area (Å²) in [6.45, 7) is 1.99. The highest BCUT2D eigenvalue weighted by Gasteiger charge is 2.15. The molecule has 1 heterocycles. The number of hydrogen-bond donors (Lipinski definition) is 0. The average molecular weight is 264 g/mol. The monoisotopic (exact) mass is 264 g/mol. The minimum absolute atomic E-state index is 0.461. The summed E-state index contributed by atoms with van der Waals surface area (Å²) in [5.74, 6) is 1.16. The quantitative estimate of drug-likeness (QED) is 0.708. The van der Waals surface area contributed by atoms with Gasteiger partial charge in [0.2, 0.25) is 5.89 Å². The van der Waals surface area contributed by atoms with E-state index in [1.165, 1.54) is 0 Å². The van der Waals surface area contributed by atoms with Gasteiger partial charge in [0.05, 0.1) is 18.2 Å². The van der Waals surface area contributed by atoms with Crippen LogP contribution in [0.4, 0.5) is 0 Å². The fourth-order valence-electron chi connectivity index (χ4n) is 2.14. The molecule has 0 N–H and O–H groups in total. The van der Waals surface area contributed by atoms with Crippen molar-refractivity contribution in [2.24, 2.45) is 0 Å². The van der Waals surface area contributed by atoms with Crippen molar-refractivity contribution in [2.45, 2.75) is 6.92 Å². The van der Waals surface area contributed by atoms with Gasteiger partial charge in [0, 0.05) is 0 Å². The van der Waals surface area contributed by atoms with Gasteiger partial charge in [-0.2, -0.15) is 5.26 Å². The summed E-state index contributed by atoms with van der Waals surface area (Å²) in [5, 5.41) is 9.10. The minimum atomic E-state index is 0.461. The van der Waals surface area contributed by atoms with Crippen LogP contribution in [0.3, 0.4) is 0 Å². The van der Waals surface area contributed by atoms with E-state index in [0.29, 0.717) is 28.3 Å². The molecule has 3 rings (SSSR count). The Kier molecular flexibility index (Phi) is 2.88. The Bertz CT molecular complexity index is 828. The van der Waals surface area contributed by atoms with E-state index >= 15 is 0 Å². The van der Waals surface area contributed by atoms with Crippen LogP contribution in [0.15, 0.2) is 40.8 Å². The molecular formula is C16H12N2O2. The first-order valence-electron chi connectivity index (χ1n) is 6.17. The van der Waals surface area contributed by atoms with E-state index in [0.717, 1.165) is 11.1 Å². The molecule has 0 fully saturated rings. The zero-order valence-corrected chi connectivity index (χ0v) is 11.2. The lowest BCUT2D eigenvalue weighted by atomic mass is 10.1. The van der Waals surface area contributed by atoms with Crippen LogP contribution in [0.2, 0.25) is 0 Å². The first kappa shape index (κ1) is 12.2. The van der Waals surface area contributed by atoms with Crippen LogP contribution in [0.1, 0.15) is 11.1 Å². The molecule has 0 aliphatic rings. The number of fused-ring (bicyclic) bond motifs is 1. The predicted octanol–water partition coefficient (Wildman–Crippen LogP) is 3.68. The van der Waals surface area contributed by atoms with Gasteiger partial charge in [-0.1, -0.05) is 17.7 Å². The van der Waals surface area contributed by atoms with Gasteiger partial charge in [-0.25, -0.2) is 4.98 Å². The fraction of sp³-hybridized carbons (Fsp3) is 0.125. The summed E-state index contributed by atoms with van der Waals surface area (Å²) in [6.07, 6.45) is 0. The summed E-state index contributed by atoms with van der Waals surface area (Å²) in [5.41, 5.74) is 3.55. The first-order valence-corrected chi connectivity index (χ1v) is 6.17. The van der Waals surface area contributed by atoms with Crippen molar-refractivity contribution in [2.75, 3.05) is 7.11 Å². The molecule has 1 aromatic heterocycles. The largest absolute Gasteiger partial charge is 0.496 e. The Morgan fingerprint density at radius 1 is 1.25 bits per heavy atom. The molecule has 98 valence electrons. The van der Waals surface area contributed by atoms with Gasteiger partial charge in [-0.3, -0.25) is 0 Å². The van der Waals surface area contributed by atoms with E-state index in [9.17, 15) is 0 Å². The van der Waals surface area contributed by atoms with Crippen LogP contribution in [0, 0.1) is 18.3 Å². The number of oxazole rings is 1. The molecule has 0 aliphatic heterocycles. The maximum absolute atomic E-state index is 9.10. The molecule has 0 aliphatic carbocycles. The van der Waals surface area contributed by atoms with Crippen molar-refractivity contribution >= 4 is 11.1 Å². The molecule has 4 nitrogen and oxygen atoms in total. The van der Waals surface area contributed by atoms with Gasteiger partial charge >= 0.3 is 0 Å². The molecular weight excluding hydrogens is 252 g/mol. The Hall–Kier alpha value is -2.80. The first-order chi connectivity index (χ1) is 9.72. The number of hydrogen-bond acceptors (Lipinski definition) is 4. The highest BCUT2D eigenvalue weighted by atomic mass is 16.5. The summed E-state index contributed by atoms with van der Waals surface area (Å²) in [7, 11) is 1.61. The second-order valence-electron chi connectivity index (χ2n) is 4.49. The topological polar surface area (TPSA) is 59.0 Å². The molecule has 0 spiro atoms. The van der Waals surface area contributed by atoms with E-state index in [2.05, 4.69) is 11.1 Å². The van der Waals surface area contributed by atoms with Crippen molar-refractivity contribution in [3.63, 3.8) is 0 Å². The van der Waals surface area contributed by atoms with E-state index in [4.69, 9.17) is 14.4 Å². The Morgan fingerprint density at radius 2 is 2.10 bits per heavy atom. The smallest absolute Gasteiger partial charge is 0.231 e. The number of rotatable bonds is 2. The summed E-state index contributed by atoms with van der Waals surface area (Å²) in [6, 6.07) is 13.2. The van der Waals surface area contributed by atoms with Gasteiger partial charge in [0.1, 0.15) is 17.3 Å². The van der Waals surface area contributed by atoms with Crippen LogP contribution in [-0.4, -0.2) is 12.1 Å². The van der Waals surface area contributed by atoms with E-state index in [-0.39, 0.29) is 0 Å². The minimum Gasteiger partial charge on any atom is -0.496 e. The third-order valence-electron chi connectivity index (χ3n) is 3.12. The van der Waals surface area contributed by atoms with E-state index < -0.39 is 0 Å². The van der Waals surface area contributed by atoms with E-state index in [1.54, 1.807) is 25.3 Å². The van der Waals surface area contributed by atoms with Crippen molar-refractivity contribution in [1.29, 1.82) is 5.26 Å². The molecule has 4 heteroatoms. The standard InChI is InChI=1S/C16H12N2O2/c1-10-6-7-13(19-2)12(8-10)16-18-15-11(9-17)4-3-5-14(15)20-16/h3-8H,1-2H3. The molecule has 2 aromatic carbocycles. The molecule has 20 heavy (non-hydrogen) atoms. The highest BCUT2D eigenvalue weighted by Crippen LogP contribution is 2.33. The third kappa shape index (κ3) is 1.90. The van der Waals surface area contributed by atoms with Crippen molar-refractivity contribution < 1.29 is 9.15 Å². The maximum atomic E-state index is 9.10. The Morgan fingerprint density at radius 3 is 2.85 bits per heavy atom. The predicted molar refractivity (Wildman–Crippen MR) is 75.4 cm³/mol. The zero-order valence-electron chi connectivity index (χ0n) is 11.2. The lowest BCUT2D eigenvalue weighted by molar-refractivity contribution is 0.414. The number of ether oxygens (including phenoxy) is 1. The van der Waals surface area contributed by atoms with Gasteiger partial charge in [-0.15, -0.1) is 0 Å². The average Bonchev–Trinajstić information content (AvgIpc) is 2.90. The number of nitrogens with zero attached hydrogens (tertiary/aromatic N) is 2. The molecule has 0 bridgehead atoms. The van der Waals surface area contributed by atoms with Crippen LogP contribution in [0.25, 0.3) is 22.6 Å². The molecule has 0 radical (unpaired) electrons. The van der Waals surface area contributed by atoms with Crippen molar-refractivity contribution in [3.05, 3.63) is 47.5 Å². The van der Waals surface area contributed by atoms with Gasteiger partial charge in [-0.05, 0) is 31.2 Å². The highest BCUT2D eigenvalue weighted by molar-refractivity contribution is 5.82. The molecule has 0 amide bonds. The van der Waals surface area contributed by atoms with Crippen LogP contribution in [0.5, 0.6) is 5.75 Å². The van der Waals surface area contributed by atoms with Crippen LogP contribution < -0.4 is 4.74 Å². The number of nitriles is 1. The summed E-state index contributed by atoms with van der Waals surface area (Å²) in [4.78, 5) is 4.43. The molecule has 0 saturated carbocycles. The fourth-order valence-corrected chi connectivity index (χ4v) is 2.14. The number of para-hydroxylation sites is 1. The zero-order chi connectivity index (χ0) is 14.1. The third-order valence-corrected chi connectivity index (χ3v) is 3.12. The van der Waals surface area contributed by atoms with Gasteiger partial charge in [0.25, 0.3) is 0 Å². The van der Waals surface area contributed by atoms with Gasteiger partial charge < -0.3 is 9.15 Å². The summed E-state index contributed by atoms with van der Waals surface area (Å²) < 4.78 is 11.1. The Balaban J connectivity index is 2.26. The second kappa shape index (κ2) is 4.71. The molecule has 0 atom stereocenters. The lowest BCUT2D eigenvalue weighted by Gasteiger charge is -2.05. The van der Waals surface area contributed by atoms with Crippen molar-refractivity contribution in [1.82, 2.24) is 4.98 Å². The molecule has 0 unspecified atom stereocenters. The normalized spacial score (nSPS) is 10.4. The van der Waals surface area contributed by atoms with Crippen molar-refractivity contribution in [3.8, 4) is 23.3 Å². The lowest BCUT2D eigenvalue weighted by Crippen LogP contribution is -1.89. The van der Waals surface area contributed by atoms with E-state index in [1.807, 2.05) is 25.1 Å². The van der Waals surface area contributed by atoms with Crippen LogP contribution in [-0.2, 0) is 0 Å². The van der Waals surface area contributed by atoms with Gasteiger partial charge in [0.15, 0.2) is 5.58 Å². The Labute approximate surface area is 116 Å². The summed E-state index contributed by atoms with van der Waals surface area (Å²) >= 11 is 0. The van der Waals surface area contributed by atoms with Crippen LogP contribution >= 0.6 is 0 Å². The number of aryl methyl sites for hydroxylation is 1. The SMILES string of the molecule is COc1ccc(C)cc1-c1nc2c(C#N)cccc2o1. The second-order valence-corrected chi connectivity index (χ2v) is 4.49. The number of benzene rings is 2. The maximum Gasteiger partial charge on any atom is 0.231 e.